The van der Waals surface area contributed by atoms with Gasteiger partial charge < -0.3 is 0 Å². The second-order valence-electron chi connectivity index (χ2n) is 6.43. The number of aromatic nitrogens is 4. The summed E-state index contributed by atoms with van der Waals surface area (Å²) in [5, 5.41) is 4.33. The van der Waals surface area contributed by atoms with Crippen molar-refractivity contribution in [3.63, 3.8) is 0 Å². The van der Waals surface area contributed by atoms with Gasteiger partial charge in [-0.3, -0.25) is 10.4 Å². The van der Waals surface area contributed by atoms with Gasteiger partial charge >= 0.3 is 0 Å². The molecule has 0 aliphatic carbocycles. The van der Waals surface area contributed by atoms with Crippen molar-refractivity contribution in [2.24, 2.45) is 5.10 Å². The van der Waals surface area contributed by atoms with Crippen molar-refractivity contribution in [3.8, 4) is 11.3 Å². The van der Waals surface area contributed by atoms with E-state index in [1.807, 2.05) is 78.9 Å². The molecule has 0 radical (unpaired) electrons. The monoisotopic (exact) mass is 376 g/mol. The van der Waals surface area contributed by atoms with Gasteiger partial charge in [0.05, 0.1) is 34.5 Å². The molecule has 0 aliphatic rings. The molecule has 0 bridgehead atoms. The van der Waals surface area contributed by atoms with Crippen molar-refractivity contribution in [1.29, 1.82) is 0 Å². The number of hydrogen-bond acceptors (Lipinski definition) is 6. The fourth-order valence-corrected chi connectivity index (χ4v) is 3.07. The normalized spacial score (nSPS) is 11.3. The van der Waals surface area contributed by atoms with E-state index in [0.29, 0.717) is 11.5 Å². The highest BCUT2D eigenvalue weighted by atomic mass is 15.3. The van der Waals surface area contributed by atoms with Gasteiger partial charge in [0, 0.05) is 5.56 Å². The van der Waals surface area contributed by atoms with E-state index in [-0.39, 0.29) is 0 Å². The van der Waals surface area contributed by atoms with Crippen LogP contribution >= 0.6 is 0 Å². The average molecular weight is 376 g/mol. The minimum absolute atomic E-state index is 0.583. The summed E-state index contributed by atoms with van der Waals surface area (Å²) >= 11 is 0. The van der Waals surface area contributed by atoms with Crippen LogP contribution in [0.25, 0.3) is 33.3 Å². The molecular weight excluding hydrogens is 360 g/mol. The number of hydrogen-bond donors (Lipinski definition) is 1. The van der Waals surface area contributed by atoms with Crippen LogP contribution in [-0.2, 0) is 0 Å². The van der Waals surface area contributed by atoms with Crippen molar-refractivity contribution in [2.45, 2.75) is 0 Å². The summed E-state index contributed by atoms with van der Waals surface area (Å²) in [6.45, 7) is 0. The number of anilines is 1. The maximum atomic E-state index is 4.79. The Morgan fingerprint density at radius 3 is 2.03 bits per heavy atom. The van der Waals surface area contributed by atoms with E-state index in [1.54, 1.807) is 12.4 Å². The van der Waals surface area contributed by atoms with Crippen LogP contribution in [0.2, 0.25) is 0 Å². The summed E-state index contributed by atoms with van der Waals surface area (Å²) < 4.78 is 0. The standard InChI is InChI=1S/C23H16N6/c1-2-8-16(9-3-1)22-23(28-21-13-7-6-12-20(21)27-22)29-25-15-17-14-24-18-10-4-5-11-19(18)26-17/h1-15H,(H,28,29)/b25-15-. The summed E-state index contributed by atoms with van der Waals surface area (Å²) in [5.41, 5.74) is 8.71. The number of fused-ring (bicyclic) bond motifs is 2. The van der Waals surface area contributed by atoms with Crippen LogP contribution in [0.5, 0.6) is 0 Å². The molecule has 138 valence electrons. The number of para-hydroxylation sites is 4. The minimum atomic E-state index is 0.583. The number of nitrogens with zero attached hydrogens (tertiary/aromatic N) is 5. The Bertz CT molecular complexity index is 1330. The van der Waals surface area contributed by atoms with Crippen molar-refractivity contribution in [2.75, 3.05) is 5.43 Å². The van der Waals surface area contributed by atoms with Gasteiger partial charge in [-0.2, -0.15) is 5.10 Å². The summed E-state index contributed by atoms with van der Waals surface area (Å²) in [6, 6.07) is 25.4. The van der Waals surface area contributed by atoms with Crippen LogP contribution in [-0.4, -0.2) is 26.2 Å². The van der Waals surface area contributed by atoms with Crippen LogP contribution in [0, 0.1) is 0 Å². The quantitative estimate of drug-likeness (QED) is 0.364. The molecule has 0 amide bonds. The van der Waals surface area contributed by atoms with E-state index < -0.39 is 0 Å². The lowest BCUT2D eigenvalue weighted by Crippen LogP contribution is -2.00. The summed E-state index contributed by atoms with van der Waals surface area (Å²) in [6.07, 6.45) is 3.32. The molecule has 0 saturated carbocycles. The molecule has 29 heavy (non-hydrogen) atoms. The zero-order valence-corrected chi connectivity index (χ0v) is 15.4. The fraction of sp³-hybridized carbons (Fsp3) is 0. The zero-order chi connectivity index (χ0) is 19.5. The van der Waals surface area contributed by atoms with Gasteiger partial charge in [0.25, 0.3) is 0 Å². The van der Waals surface area contributed by atoms with Gasteiger partial charge in [-0.05, 0) is 24.3 Å². The minimum Gasteiger partial charge on any atom is -0.259 e. The Balaban J connectivity index is 1.50. The molecule has 0 spiro atoms. The maximum Gasteiger partial charge on any atom is 0.173 e. The third-order valence-electron chi connectivity index (χ3n) is 4.45. The van der Waals surface area contributed by atoms with E-state index in [4.69, 9.17) is 9.97 Å². The first-order valence-corrected chi connectivity index (χ1v) is 9.20. The molecule has 0 unspecified atom stereocenters. The highest BCUT2D eigenvalue weighted by Gasteiger charge is 2.10. The molecule has 5 aromatic rings. The topological polar surface area (TPSA) is 76.0 Å². The van der Waals surface area contributed by atoms with Gasteiger partial charge in [0.15, 0.2) is 5.82 Å². The van der Waals surface area contributed by atoms with E-state index in [9.17, 15) is 0 Å². The zero-order valence-electron chi connectivity index (χ0n) is 15.4. The Labute approximate surface area is 167 Å². The van der Waals surface area contributed by atoms with E-state index in [0.717, 1.165) is 33.3 Å². The predicted octanol–water partition coefficient (Wildman–Crippen LogP) is 4.69. The average Bonchev–Trinajstić information content (AvgIpc) is 2.79. The summed E-state index contributed by atoms with van der Waals surface area (Å²) in [7, 11) is 0. The highest BCUT2D eigenvalue weighted by Crippen LogP contribution is 2.26. The molecule has 0 atom stereocenters. The molecule has 2 aromatic heterocycles. The molecule has 0 aliphatic heterocycles. The fourth-order valence-electron chi connectivity index (χ4n) is 3.07. The van der Waals surface area contributed by atoms with Crippen molar-refractivity contribution in [1.82, 2.24) is 19.9 Å². The molecule has 6 nitrogen and oxygen atoms in total. The first-order valence-electron chi connectivity index (χ1n) is 9.20. The third kappa shape index (κ3) is 3.51. The Morgan fingerprint density at radius 1 is 0.655 bits per heavy atom. The SMILES string of the molecule is C(=N/Nc1nc2ccccc2nc1-c1ccccc1)/c1cnc2ccccc2n1. The van der Waals surface area contributed by atoms with E-state index in [2.05, 4.69) is 20.5 Å². The molecule has 6 heteroatoms. The van der Waals surface area contributed by atoms with Crippen molar-refractivity contribution in [3.05, 3.63) is 90.8 Å². The molecular formula is C23H16N6. The smallest absolute Gasteiger partial charge is 0.173 e. The largest absolute Gasteiger partial charge is 0.259 e. The van der Waals surface area contributed by atoms with Crippen LogP contribution in [0.3, 0.4) is 0 Å². The number of hydrazone groups is 1. The lowest BCUT2D eigenvalue weighted by Gasteiger charge is -2.09. The first-order chi connectivity index (χ1) is 14.4. The van der Waals surface area contributed by atoms with E-state index in [1.165, 1.54) is 0 Å². The van der Waals surface area contributed by atoms with Gasteiger partial charge in [0.1, 0.15) is 11.4 Å². The Hall–Kier alpha value is -4.19. The number of benzene rings is 3. The summed E-state index contributed by atoms with van der Waals surface area (Å²) in [4.78, 5) is 18.4. The predicted molar refractivity (Wildman–Crippen MR) is 116 cm³/mol. The molecule has 5 rings (SSSR count). The lowest BCUT2D eigenvalue weighted by molar-refractivity contribution is 1.21. The number of rotatable bonds is 4. The van der Waals surface area contributed by atoms with E-state index >= 15 is 0 Å². The Morgan fingerprint density at radius 2 is 1.28 bits per heavy atom. The first kappa shape index (κ1) is 16.9. The van der Waals surface area contributed by atoms with Crippen molar-refractivity contribution < 1.29 is 0 Å². The van der Waals surface area contributed by atoms with Gasteiger partial charge in [0.2, 0.25) is 0 Å². The molecule has 0 saturated heterocycles. The second-order valence-corrected chi connectivity index (χ2v) is 6.43. The van der Waals surface area contributed by atoms with Crippen LogP contribution in [0.15, 0.2) is 90.2 Å². The highest BCUT2D eigenvalue weighted by molar-refractivity contribution is 5.85. The van der Waals surface area contributed by atoms with Crippen molar-refractivity contribution >= 4 is 34.1 Å². The van der Waals surface area contributed by atoms with Crippen LogP contribution in [0.1, 0.15) is 5.69 Å². The Kier molecular flexibility index (Phi) is 4.35. The number of nitrogens with one attached hydrogen (secondary N) is 1. The second kappa shape index (κ2) is 7.44. The molecule has 2 heterocycles. The summed E-state index contributed by atoms with van der Waals surface area (Å²) in [5.74, 6) is 0.583. The molecule has 3 aromatic carbocycles. The van der Waals surface area contributed by atoms with Crippen LogP contribution in [0.4, 0.5) is 5.82 Å². The lowest BCUT2D eigenvalue weighted by atomic mass is 10.1. The van der Waals surface area contributed by atoms with Gasteiger partial charge in [-0.15, -0.1) is 0 Å². The maximum absolute atomic E-state index is 4.79. The van der Waals surface area contributed by atoms with Crippen LogP contribution < -0.4 is 5.43 Å². The molecule has 0 fully saturated rings. The van der Waals surface area contributed by atoms with Gasteiger partial charge in [-0.25, -0.2) is 15.0 Å². The van der Waals surface area contributed by atoms with Gasteiger partial charge in [-0.1, -0.05) is 54.6 Å². The molecule has 1 N–H and O–H groups in total. The third-order valence-corrected chi connectivity index (χ3v) is 4.45.